The Morgan fingerprint density at radius 1 is 1.30 bits per heavy atom. The Balaban J connectivity index is 2.09. The third-order valence-corrected chi connectivity index (χ3v) is 4.94. The summed E-state index contributed by atoms with van der Waals surface area (Å²) in [6.45, 7) is 2.13. The summed E-state index contributed by atoms with van der Waals surface area (Å²) in [5, 5.41) is 1.98. The van der Waals surface area contributed by atoms with Gasteiger partial charge >= 0.3 is 0 Å². The number of anilines is 1. The number of nitrogen functional groups attached to an aromatic ring is 1. The average Bonchev–Trinajstić information content (AvgIpc) is 2.91. The van der Waals surface area contributed by atoms with E-state index in [1.54, 1.807) is 35.5 Å². The van der Waals surface area contributed by atoms with E-state index in [0.717, 1.165) is 26.6 Å². The third kappa shape index (κ3) is 2.60. The molecule has 0 saturated heterocycles. The van der Waals surface area contributed by atoms with Crippen LogP contribution in [-0.2, 0) is 6.42 Å². The lowest BCUT2D eigenvalue weighted by molar-refractivity contribution is 1.07. The standard InChI is InChI=1S/C13H13N5S2/c1-2-8-7-10-11(19-8)16-13(18-14)17-12(10)20-9-3-5-15-6-4-9/h3-7H,2,14H2,1H3,(H,16,17,18). The zero-order valence-corrected chi connectivity index (χ0v) is 12.5. The minimum absolute atomic E-state index is 0.443. The second-order valence-electron chi connectivity index (χ2n) is 4.07. The van der Waals surface area contributed by atoms with E-state index in [1.165, 1.54) is 4.88 Å². The molecule has 0 aliphatic heterocycles. The van der Waals surface area contributed by atoms with Gasteiger partial charge in [0.05, 0.1) is 0 Å². The highest BCUT2D eigenvalue weighted by molar-refractivity contribution is 7.99. The Morgan fingerprint density at radius 3 is 2.80 bits per heavy atom. The van der Waals surface area contributed by atoms with Crippen LogP contribution in [0.1, 0.15) is 11.8 Å². The Hall–Kier alpha value is -1.70. The molecule has 3 aromatic rings. The van der Waals surface area contributed by atoms with Crippen LogP contribution in [0.4, 0.5) is 5.95 Å². The molecule has 0 bridgehead atoms. The number of fused-ring (bicyclic) bond motifs is 1. The summed E-state index contributed by atoms with van der Waals surface area (Å²) in [4.78, 5) is 16.2. The number of hydrogen-bond acceptors (Lipinski definition) is 7. The molecule has 0 aliphatic carbocycles. The van der Waals surface area contributed by atoms with Gasteiger partial charge < -0.3 is 0 Å². The number of hydrogen-bond donors (Lipinski definition) is 2. The van der Waals surface area contributed by atoms with Crippen molar-refractivity contribution in [3.05, 3.63) is 35.5 Å². The summed E-state index contributed by atoms with van der Waals surface area (Å²) in [7, 11) is 0. The van der Waals surface area contributed by atoms with Crippen molar-refractivity contribution >= 4 is 39.3 Å². The number of nitrogens with one attached hydrogen (secondary N) is 1. The van der Waals surface area contributed by atoms with Gasteiger partial charge in [0.2, 0.25) is 5.95 Å². The zero-order valence-electron chi connectivity index (χ0n) is 10.8. The summed E-state index contributed by atoms with van der Waals surface area (Å²) in [6.07, 6.45) is 4.54. The van der Waals surface area contributed by atoms with Gasteiger partial charge in [0.25, 0.3) is 0 Å². The lowest BCUT2D eigenvalue weighted by Gasteiger charge is -2.04. The molecule has 102 valence electrons. The lowest BCUT2D eigenvalue weighted by Crippen LogP contribution is -2.10. The second kappa shape index (κ2) is 5.74. The molecule has 0 atom stereocenters. The molecular weight excluding hydrogens is 290 g/mol. The van der Waals surface area contributed by atoms with Crippen molar-refractivity contribution in [2.45, 2.75) is 23.3 Å². The molecule has 0 fully saturated rings. The predicted octanol–water partition coefficient (Wildman–Crippen LogP) is 3.09. The van der Waals surface area contributed by atoms with Gasteiger partial charge in [0.15, 0.2) is 0 Å². The van der Waals surface area contributed by atoms with Crippen LogP contribution in [0.15, 0.2) is 40.5 Å². The minimum Gasteiger partial charge on any atom is -0.292 e. The second-order valence-corrected chi connectivity index (χ2v) is 6.24. The molecule has 3 N–H and O–H groups in total. The van der Waals surface area contributed by atoms with Crippen molar-refractivity contribution in [1.82, 2.24) is 15.0 Å². The fourth-order valence-electron chi connectivity index (χ4n) is 1.78. The molecule has 3 heterocycles. The van der Waals surface area contributed by atoms with Gasteiger partial charge in [-0.15, -0.1) is 11.3 Å². The SMILES string of the molecule is CCc1cc2c(Sc3ccncc3)nc(NN)nc2s1. The molecule has 0 aromatic carbocycles. The molecule has 3 rings (SSSR count). The summed E-state index contributed by atoms with van der Waals surface area (Å²) in [5.74, 6) is 5.90. The summed E-state index contributed by atoms with van der Waals surface area (Å²) < 4.78 is 0. The van der Waals surface area contributed by atoms with E-state index in [-0.39, 0.29) is 0 Å². The van der Waals surface area contributed by atoms with Gasteiger partial charge in [0.1, 0.15) is 9.86 Å². The van der Waals surface area contributed by atoms with Crippen LogP contribution in [0, 0.1) is 0 Å². The first-order valence-corrected chi connectivity index (χ1v) is 7.78. The van der Waals surface area contributed by atoms with Crippen molar-refractivity contribution in [2.24, 2.45) is 5.84 Å². The Morgan fingerprint density at radius 2 is 2.10 bits per heavy atom. The van der Waals surface area contributed by atoms with Crippen molar-refractivity contribution < 1.29 is 0 Å². The molecule has 3 aromatic heterocycles. The van der Waals surface area contributed by atoms with E-state index < -0.39 is 0 Å². The molecule has 0 amide bonds. The summed E-state index contributed by atoms with van der Waals surface area (Å²) >= 11 is 3.27. The first-order chi connectivity index (χ1) is 9.80. The maximum absolute atomic E-state index is 5.45. The number of nitrogens with zero attached hydrogens (tertiary/aromatic N) is 3. The number of hydrazine groups is 1. The molecule has 0 radical (unpaired) electrons. The summed E-state index contributed by atoms with van der Waals surface area (Å²) in [6, 6.07) is 6.08. The Bertz CT molecular complexity index is 726. The predicted molar refractivity (Wildman–Crippen MR) is 83.0 cm³/mol. The molecule has 0 saturated carbocycles. The van der Waals surface area contributed by atoms with E-state index >= 15 is 0 Å². The number of aromatic nitrogens is 3. The van der Waals surface area contributed by atoms with E-state index in [0.29, 0.717) is 5.95 Å². The number of aryl methyl sites for hydroxylation is 1. The normalized spacial score (nSPS) is 10.9. The van der Waals surface area contributed by atoms with Gasteiger partial charge in [-0.3, -0.25) is 10.4 Å². The molecule has 20 heavy (non-hydrogen) atoms. The Labute approximate surface area is 124 Å². The number of thiophene rings is 1. The first-order valence-electron chi connectivity index (χ1n) is 6.15. The molecule has 0 aliphatic rings. The van der Waals surface area contributed by atoms with Crippen molar-refractivity contribution in [2.75, 3.05) is 5.43 Å². The van der Waals surface area contributed by atoms with Crippen LogP contribution in [0.5, 0.6) is 0 Å². The molecule has 0 spiro atoms. The lowest BCUT2D eigenvalue weighted by atomic mass is 10.3. The first kappa shape index (κ1) is 13.3. The highest BCUT2D eigenvalue weighted by Gasteiger charge is 2.12. The number of pyridine rings is 1. The fraction of sp³-hybridized carbons (Fsp3) is 0.154. The summed E-state index contributed by atoms with van der Waals surface area (Å²) in [5.41, 5.74) is 2.53. The molecular formula is C13H13N5S2. The van der Waals surface area contributed by atoms with Crippen LogP contribution in [-0.4, -0.2) is 15.0 Å². The van der Waals surface area contributed by atoms with Crippen molar-refractivity contribution in [3.8, 4) is 0 Å². The average molecular weight is 303 g/mol. The maximum Gasteiger partial charge on any atom is 0.239 e. The van der Waals surface area contributed by atoms with Gasteiger partial charge in [-0.1, -0.05) is 18.7 Å². The fourth-order valence-corrected chi connectivity index (χ4v) is 3.69. The van der Waals surface area contributed by atoms with E-state index in [2.05, 4.69) is 33.4 Å². The van der Waals surface area contributed by atoms with E-state index in [4.69, 9.17) is 5.84 Å². The quantitative estimate of drug-likeness (QED) is 0.438. The Kier molecular flexibility index (Phi) is 3.81. The van der Waals surface area contributed by atoms with Crippen LogP contribution in [0.2, 0.25) is 0 Å². The minimum atomic E-state index is 0.443. The van der Waals surface area contributed by atoms with Crippen LogP contribution >= 0.6 is 23.1 Å². The van der Waals surface area contributed by atoms with Crippen LogP contribution in [0.25, 0.3) is 10.2 Å². The largest absolute Gasteiger partial charge is 0.292 e. The molecule has 0 unspecified atom stereocenters. The van der Waals surface area contributed by atoms with Crippen molar-refractivity contribution in [1.29, 1.82) is 0 Å². The maximum atomic E-state index is 5.45. The topological polar surface area (TPSA) is 76.7 Å². The van der Waals surface area contributed by atoms with Gasteiger partial charge in [0, 0.05) is 27.6 Å². The van der Waals surface area contributed by atoms with Crippen molar-refractivity contribution in [3.63, 3.8) is 0 Å². The van der Waals surface area contributed by atoms with Gasteiger partial charge in [-0.2, -0.15) is 0 Å². The number of nitrogens with two attached hydrogens (primary N) is 1. The molecule has 7 heteroatoms. The number of rotatable bonds is 4. The van der Waals surface area contributed by atoms with E-state index in [9.17, 15) is 0 Å². The zero-order chi connectivity index (χ0) is 13.9. The van der Waals surface area contributed by atoms with Gasteiger partial charge in [-0.25, -0.2) is 15.8 Å². The molecule has 5 nitrogen and oxygen atoms in total. The monoisotopic (exact) mass is 303 g/mol. The highest BCUT2D eigenvalue weighted by Crippen LogP contribution is 2.35. The van der Waals surface area contributed by atoms with Crippen LogP contribution < -0.4 is 11.3 Å². The smallest absolute Gasteiger partial charge is 0.239 e. The third-order valence-electron chi connectivity index (χ3n) is 2.75. The van der Waals surface area contributed by atoms with E-state index in [1.807, 2.05) is 12.1 Å². The highest BCUT2D eigenvalue weighted by atomic mass is 32.2. The van der Waals surface area contributed by atoms with Gasteiger partial charge in [-0.05, 0) is 24.6 Å². The van der Waals surface area contributed by atoms with Crippen LogP contribution in [0.3, 0.4) is 0 Å².